The molecule has 0 radical (unpaired) electrons. The zero-order chi connectivity index (χ0) is 16.8. The molecule has 0 fully saturated rings. The monoisotopic (exact) mass is 318 g/mol. The molecule has 3 aromatic rings. The first kappa shape index (κ1) is 16.0. The Hall–Kier alpha value is -2.89. The van der Waals surface area contributed by atoms with Gasteiger partial charge in [0.1, 0.15) is 6.04 Å². The standard InChI is InChI=1S/C22H20N2/c1-17-12-14-18(15-13-17)21(16-23)24-22(19-8-4-2-5-9-19)20-10-6-3-7-11-20/h2-15,21-22,24H,1H3/t21-/m0/s1/i2+1,4+1,5+1,8+1,9+1,19+1/t21-,22-. The van der Waals surface area contributed by atoms with Crippen LogP contribution in [0.1, 0.15) is 34.3 Å². The van der Waals surface area contributed by atoms with Crippen LogP contribution in [0.5, 0.6) is 0 Å². The van der Waals surface area contributed by atoms with Crippen LogP contribution in [0.2, 0.25) is 0 Å². The van der Waals surface area contributed by atoms with Gasteiger partial charge in [0.15, 0.2) is 0 Å². The maximum Gasteiger partial charge on any atom is 0.122 e. The Balaban J connectivity index is 1.94. The molecule has 0 aliphatic carbocycles. The van der Waals surface area contributed by atoms with Crippen molar-refractivity contribution in [3.63, 3.8) is 0 Å². The quantitative estimate of drug-likeness (QED) is 0.723. The minimum atomic E-state index is -0.365. The summed E-state index contributed by atoms with van der Waals surface area (Å²) in [6.45, 7) is 2.05. The lowest BCUT2D eigenvalue weighted by Gasteiger charge is -2.23. The van der Waals surface area contributed by atoms with Crippen LogP contribution in [0, 0.1) is 18.3 Å². The zero-order valence-corrected chi connectivity index (χ0v) is 13.7. The van der Waals surface area contributed by atoms with Crippen molar-refractivity contribution in [2.75, 3.05) is 0 Å². The fraction of sp³-hybridized carbons (Fsp3) is 0.136. The first-order valence-electron chi connectivity index (χ1n) is 8.10. The van der Waals surface area contributed by atoms with Crippen LogP contribution in [0.4, 0.5) is 0 Å². The molecule has 0 saturated heterocycles. The summed E-state index contributed by atoms with van der Waals surface area (Å²) in [6.07, 6.45) is 0. The lowest BCUT2D eigenvalue weighted by molar-refractivity contribution is 0.559. The van der Waals surface area contributed by atoms with E-state index in [1.807, 2.05) is 60.7 Å². The minimum Gasteiger partial charge on any atom is -0.287 e. The van der Waals surface area contributed by atoms with Crippen LogP contribution in [-0.4, -0.2) is 0 Å². The summed E-state index contributed by atoms with van der Waals surface area (Å²) in [5, 5.41) is 13.2. The molecule has 24 heavy (non-hydrogen) atoms. The van der Waals surface area contributed by atoms with Crippen molar-refractivity contribution in [3.05, 3.63) is 107 Å². The predicted molar refractivity (Wildman–Crippen MR) is 97.4 cm³/mol. The van der Waals surface area contributed by atoms with Crippen LogP contribution >= 0.6 is 0 Å². The zero-order valence-electron chi connectivity index (χ0n) is 13.7. The van der Waals surface area contributed by atoms with E-state index in [9.17, 15) is 5.26 Å². The van der Waals surface area contributed by atoms with Gasteiger partial charge in [0, 0.05) is 0 Å². The number of hydrogen-bond donors (Lipinski definition) is 1. The number of nitrogens with zero attached hydrogens (tertiary/aromatic N) is 1. The minimum absolute atomic E-state index is 0.0293. The molecule has 3 aromatic carbocycles. The Bertz CT molecular complexity index is 763. The average Bonchev–Trinajstić information content (AvgIpc) is 2.65. The Morgan fingerprint density at radius 3 is 1.67 bits per heavy atom. The topological polar surface area (TPSA) is 35.8 Å². The first-order valence-corrected chi connectivity index (χ1v) is 8.10. The number of nitriles is 1. The third-order valence-corrected chi connectivity index (χ3v) is 4.14. The van der Waals surface area contributed by atoms with E-state index in [0.717, 1.165) is 16.7 Å². The van der Waals surface area contributed by atoms with Crippen molar-refractivity contribution in [1.82, 2.24) is 5.32 Å². The summed E-state index contributed by atoms with van der Waals surface area (Å²) in [5.41, 5.74) is 4.48. The van der Waals surface area contributed by atoms with Gasteiger partial charge in [-0.15, -0.1) is 0 Å². The maximum absolute atomic E-state index is 9.68. The Labute approximate surface area is 143 Å². The third-order valence-electron chi connectivity index (χ3n) is 4.14. The van der Waals surface area contributed by atoms with Gasteiger partial charge < -0.3 is 0 Å². The van der Waals surface area contributed by atoms with Crippen molar-refractivity contribution in [2.45, 2.75) is 19.0 Å². The van der Waals surface area contributed by atoms with E-state index in [1.54, 1.807) is 0 Å². The van der Waals surface area contributed by atoms with E-state index in [4.69, 9.17) is 0 Å². The van der Waals surface area contributed by atoms with Crippen molar-refractivity contribution in [2.24, 2.45) is 0 Å². The van der Waals surface area contributed by atoms with Crippen LogP contribution in [0.25, 0.3) is 0 Å². The Morgan fingerprint density at radius 1 is 0.708 bits per heavy atom. The lowest BCUT2D eigenvalue weighted by atomic mass is 10.0. The van der Waals surface area contributed by atoms with Gasteiger partial charge in [0.2, 0.25) is 0 Å². The molecule has 0 spiro atoms. The summed E-state index contributed by atoms with van der Waals surface area (Å²) in [4.78, 5) is 0. The van der Waals surface area contributed by atoms with Gasteiger partial charge >= 0.3 is 0 Å². The normalized spacial score (nSPS) is 13.0. The van der Waals surface area contributed by atoms with Gasteiger partial charge in [-0.05, 0) is 23.6 Å². The van der Waals surface area contributed by atoms with Gasteiger partial charge in [-0.2, -0.15) is 5.26 Å². The molecule has 0 heterocycles. The molecule has 0 amide bonds. The molecule has 0 aromatic heterocycles. The van der Waals surface area contributed by atoms with Crippen LogP contribution in [0.3, 0.4) is 0 Å². The highest BCUT2D eigenvalue weighted by molar-refractivity contribution is 5.34. The number of aryl methyl sites for hydroxylation is 1. The second-order valence-corrected chi connectivity index (χ2v) is 5.89. The second-order valence-electron chi connectivity index (χ2n) is 5.89. The van der Waals surface area contributed by atoms with Crippen LogP contribution < -0.4 is 5.32 Å². The van der Waals surface area contributed by atoms with Gasteiger partial charge in [0.25, 0.3) is 0 Å². The summed E-state index contributed by atoms with van der Waals surface area (Å²) in [7, 11) is 0. The van der Waals surface area contributed by atoms with E-state index >= 15 is 0 Å². The molecule has 0 bridgehead atoms. The molecule has 3 rings (SSSR count). The van der Waals surface area contributed by atoms with Crippen molar-refractivity contribution >= 4 is 0 Å². The van der Waals surface area contributed by atoms with Gasteiger partial charge in [-0.1, -0.05) is 90.5 Å². The number of nitrogens with one attached hydrogen (secondary N) is 1. The fourth-order valence-corrected chi connectivity index (χ4v) is 2.81. The number of rotatable bonds is 5. The fourth-order valence-electron chi connectivity index (χ4n) is 2.81. The van der Waals surface area contributed by atoms with Crippen molar-refractivity contribution in [1.29, 1.82) is 5.26 Å². The predicted octanol–water partition coefficient (Wildman–Crippen LogP) is 4.94. The van der Waals surface area contributed by atoms with E-state index in [0.29, 0.717) is 0 Å². The van der Waals surface area contributed by atoms with Gasteiger partial charge in [0.05, 0.1) is 12.1 Å². The first-order chi connectivity index (χ1) is 11.8. The molecular formula is C22H20N2. The van der Waals surface area contributed by atoms with Crippen molar-refractivity contribution in [3.8, 4) is 6.07 Å². The van der Waals surface area contributed by atoms with E-state index in [1.165, 1.54) is 5.56 Å². The molecular weight excluding hydrogens is 298 g/mol. The van der Waals surface area contributed by atoms with Crippen LogP contribution in [0.15, 0.2) is 84.9 Å². The SMILES string of the molecule is Cc1ccc([C@H](C#N)N[C@H](c2ccccc2)[13c]2[13cH][13cH][13cH][13cH][13cH]2)cc1. The molecule has 2 heteroatoms. The molecule has 2 nitrogen and oxygen atoms in total. The Kier molecular flexibility index (Phi) is 5.05. The van der Waals surface area contributed by atoms with E-state index in [-0.39, 0.29) is 12.1 Å². The van der Waals surface area contributed by atoms with Crippen molar-refractivity contribution < 1.29 is 0 Å². The molecule has 0 saturated carbocycles. The van der Waals surface area contributed by atoms with E-state index in [2.05, 4.69) is 42.6 Å². The highest BCUT2D eigenvalue weighted by Crippen LogP contribution is 2.26. The number of benzene rings is 3. The van der Waals surface area contributed by atoms with E-state index < -0.39 is 0 Å². The molecule has 1 N–H and O–H groups in total. The molecule has 118 valence electrons. The lowest BCUT2D eigenvalue weighted by Crippen LogP contribution is -2.26. The van der Waals surface area contributed by atoms with Crippen LogP contribution in [-0.2, 0) is 0 Å². The Morgan fingerprint density at radius 2 is 1.21 bits per heavy atom. The highest BCUT2D eigenvalue weighted by atomic mass is 15.0. The molecule has 0 unspecified atom stereocenters. The summed E-state index contributed by atoms with van der Waals surface area (Å²) in [6, 6.07) is 30.6. The maximum atomic E-state index is 9.68. The molecule has 2 atom stereocenters. The summed E-state index contributed by atoms with van der Waals surface area (Å²) >= 11 is 0. The second kappa shape index (κ2) is 7.59. The average molecular weight is 318 g/mol. The largest absolute Gasteiger partial charge is 0.287 e. The van der Waals surface area contributed by atoms with Gasteiger partial charge in [-0.25, -0.2) is 0 Å². The molecule has 0 aliphatic rings. The smallest absolute Gasteiger partial charge is 0.122 e. The summed E-state index contributed by atoms with van der Waals surface area (Å²) < 4.78 is 0. The molecule has 0 aliphatic heterocycles. The van der Waals surface area contributed by atoms with Gasteiger partial charge in [-0.3, -0.25) is 5.32 Å². The number of hydrogen-bond acceptors (Lipinski definition) is 2. The highest BCUT2D eigenvalue weighted by Gasteiger charge is 2.19. The summed E-state index contributed by atoms with van der Waals surface area (Å²) in [5.74, 6) is 0. The third kappa shape index (κ3) is 3.71.